The van der Waals surface area contributed by atoms with Gasteiger partial charge in [0, 0.05) is 24.7 Å². The van der Waals surface area contributed by atoms with Gasteiger partial charge in [-0.3, -0.25) is 14.9 Å². The van der Waals surface area contributed by atoms with Crippen molar-refractivity contribution in [2.75, 3.05) is 12.3 Å². The normalized spacial score (nSPS) is 10.8. The van der Waals surface area contributed by atoms with Crippen molar-refractivity contribution in [2.45, 2.75) is 13.5 Å². The molecule has 0 radical (unpaired) electrons. The Labute approximate surface area is 143 Å². The molecular weight excluding hydrogens is 322 g/mol. The first kappa shape index (κ1) is 16.4. The fraction of sp³-hybridized carbons (Fsp3) is 0.176. The molecule has 3 N–H and O–H groups in total. The summed E-state index contributed by atoms with van der Waals surface area (Å²) in [5, 5.41) is 13.7. The second kappa shape index (κ2) is 6.60. The molecule has 1 amide bonds. The van der Waals surface area contributed by atoms with E-state index in [0.717, 1.165) is 16.9 Å². The van der Waals surface area contributed by atoms with Crippen LogP contribution in [0.1, 0.15) is 16.2 Å². The van der Waals surface area contributed by atoms with Gasteiger partial charge in [-0.05, 0) is 31.2 Å². The second-order valence-corrected chi connectivity index (χ2v) is 5.59. The van der Waals surface area contributed by atoms with E-state index in [1.807, 2.05) is 35.8 Å². The molecule has 0 unspecified atom stereocenters. The maximum absolute atomic E-state index is 12.2. The maximum Gasteiger partial charge on any atom is 0.292 e. The minimum Gasteiger partial charge on any atom is -0.393 e. The number of nitrogens with one attached hydrogen (secondary N) is 1. The maximum atomic E-state index is 12.2. The molecule has 8 heteroatoms. The SMILES string of the molecule is Cc1nc2ccccc2n1CCNC(=O)c1ccc(N)c([N+](=O)[O-])c1. The van der Waals surface area contributed by atoms with Gasteiger partial charge in [-0.1, -0.05) is 12.1 Å². The molecule has 2 aromatic carbocycles. The van der Waals surface area contributed by atoms with Crippen LogP contribution in [0.3, 0.4) is 0 Å². The highest BCUT2D eigenvalue weighted by molar-refractivity contribution is 5.95. The molecule has 0 atom stereocenters. The molecule has 0 saturated carbocycles. The van der Waals surface area contributed by atoms with E-state index < -0.39 is 4.92 Å². The number of hydrogen-bond donors (Lipinski definition) is 2. The van der Waals surface area contributed by atoms with Gasteiger partial charge in [-0.15, -0.1) is 0 Å². The predicted molar refractivity (Wildman–Crippen MR) is 94.3 cm³/mol. The number of carbonyl (C=O) groups excluding carboxylic acids is 1. The summed E-state index contributed by atoms with van der Waals surface area (Å²) in [5.74, 6) is 0.476. The highest BCUT2D eigenvalue weighted by Crippen LogP contribution is 2.22. The van der Waals surface area contributed by atoms with Crippen LogP contribution in [0, 0.1) is 17.0 Å². The monoisotopic (exact) mass is 339 g/mol. The lowest BCUT2D eigenvalue weighted by Gasteiger charge is -2.09. The van der Waals surface area contributed by atoms with Crippen LogP contribution in [0.4, 0.5) is 11.4 Å². The third-order valence-corrected chi connectivity index (χ3v) is 3.96. The summed E-state index contributed by atoms with van der Waals surface area (Å²) >= 11 is 0. The summed E-state index contributed by atoms with van der Waals surface area (Å²) < 4.78 is 2.01. The van der Waals surface area contributed by atoms with Crippen LogP contribution < -0.4 is 11.1 Å². The first-order valence-electron chi connectivity index (χ1n) is 7.71. The standard InChI is InChI=1S/C17H17N5O3/c1-11-20-14-4-2-3-5-15(14)21(11)9-8-19-17(23)12-6-7-13(18)16(10-12)22(24)25/h2-7,10H,8-9,18H2,1H3,(H,19,23). The number of nitrogens with zero attached hydrogens (tertiary/aromatic N) is 3. The number of para-hydroxylation sites is 2. The third-order valence-electron chi connectivity index (χ3n) is 3.96. The van der Waals surface area contributed by atoms with Gasteiger partial charge in [0.2, 0.25) is 0 Å². The molecule has 0 fully saturated rings. The van der Waals surface area contributed by atoms with Crippen molar-refractivity contribution in [3.05, 3.63) is 64.0 Å². The Kier molecular flexibility index (Phi) is 4.34. The summed E-state index contributed by atoms with van der Waals surface area (Å²) in [6.07, 6.45) is 0. The second-order valence-electron chi connectivity index (χ2n) is 5.59. The summed E-state index contributed by atoms with van der Waals surface area (Å²) in [6.45, 7) is 2.83. The van der Waals surface area contributed by atoms with Crippen LogP contribution in [0.25, 0.3) is 11.0 Å². The molecule has 25 heavy (non-hydrogen) atoms. The van der Waals surface area contributed by atoms with Crippen molar-refractivity contribution in [1.29, 1.82) is 0 Å². The number of aromatic nitrogens is 2. The summed E-state index contributed by atoms with van der Waals surface area (Å²) in [7, 11) is 0. The van der Waals surface area contributed by atoms with Crippen LogP contribution in [0.5, 0.6) is 0 Å². The largest absolute Gasteiger partial charge is 0.393 e. The zero-order valence-corrected chi connectivity index (χ0v) is 13.6. The minimum atomic E-state index is -0.604. The molecule has 0 saturated heterocycles. The number of amides is 1. The molecule has 0 aliphatic rings. The lowest BCUT2D eigenvalue weighted by Crippen LogP contribution is -2.27. The van der Waals surface area contributed by atoms with Crippen molar-refractivity contribution in [2.24, 2.45) is 0 Å². The predicted octanol–water partition coefficient (Wildman–Crippen LogP) is 2.27. The lowest BCUT2D eigenvalue weighted by atomic mass is 10.1. The number of nitro groups is 1. The van der Waals surface area contributed by atoms with Crippen molar-refractivity contribution in [3.8, 4) is 0 Å². The number of carbonyl (C=O) groups is 1. The average Bonchev–Trinajstić information content (AvgIpc) is 2.90. The molecule has 8 nitrogen and oxygen atoms in total. The number of anilines is 1. The van der Waals surface area contributed by atoms with E-state index in [4.69, 9.17) is 5.73 Å². The third kappa shape index (κ3) is 3.27. The van der Waals surface area contributed by atoms with Gasteiger partial charge in [0.15, 0.2) is 0 Å². The van der Waals surface area contributed by atoms with E-state index >= 15 is 0 Å². The molecule has 0 aliphatic heterocycles. The van der Waals surface area contributed by atoms with Crippen molar-refractivity contribution < 1.29 is 9.72 Å². The van der Waals surface area contributed by atoms with Gasteiger partial charge < -0.3 is 15.6 Å². The first-order valence-corrected chi connectivity index (χ1v) is 7.71. The van der Waals surface area contributed by atoms with Crippen LogP contribution in [-0.2, 0) is 6.54 Å². The molecule has 1 heterocycles. The number of hydrogen-bond acceptors (Lipinski definition) is 5. The number of nitro benzene ring substituents is 1. The molecule has 128 valence electrons. The van der Waals surface area contributed by atoms with Crippen molar-refractivity contribution in [3.63, 3.8) is 0 Å². The van der Waals surface area contributed by atoms with E-state index in [9.17, 15) is 14.9 Å². The number of nitrogen functional groups attached to an aromatic ring is 1. The summed E-state index contributed by atoms with van der Waals surface area (Å²) in [4.78, 5) is 27.0. The molecule has 3 aromatic rings. The van der Waals surface area contributed by atoms with E-state index in [0.29, 0.717) is 13.1 Å². The van der Waals surface area contributed by atoms with Gasteiger partial charge in [-0.2, -0.15) is 0 Å². The Morgan fingerprint density at radius 1 is 1.32 bits per heavy atom. The number of benzene rings is 2. The molecule has 0 bridgehead atoms. The number of nitrogens with two attached hydrogens (primary N) is 1. The number of aryl methyl sites for hydroxylation is 1. The Balaban J connectivity index is 1.69. The van der Waals surface area contributed by atoms with Crippen LogP contribution in [0.15, 0.2) is 42.5 Å². The van der Waals surface area contributed by atoms with E-state index in [1.54, 1.807) is 0 Å². The molecule has 3 rings (SSSR count). The molecule has 1 aromatic heterocycles. The van der Waals surface area contributed by atoms with Crippen molar-refractivity contribution in [1.82, 2.24) is 14.9 Å². The molecule has 0 spiro atoms. The van der Waals surface area contributed by atoms with Gasteiger partial charge in [0.1, 0.15) is 11.5 Å². The number of imidazole rings is 1. The average molecular weight is 339 g/mol. The summed E-state index contributed by atoms with van der Waals surface area (Å²) in [5.41, 5.74) is 7.40. The first-order chi connectivity index (χ1) is 12.0. The van der Waals surface area contributed by atoms with Gasteiger partial charge in [0.25, 0.3) is 11.6 Å². The topological polar surface area (TPSA) is 116 Å². The fourth-order valence-electron chi connectivity index (χ4n) is 2.70. The molecule has 0 aliphatic carbocycles. The van der Waals surface area contributed by atoms with E-state index in [2.05, 4.69) is 10.3 Å². The fourth-order valence-corrected chi connectivity index (χ4v) is 2.70. The van der Waals surface area contributed by atoms with Crippen molar-refractivity contribution >= 4 is 28.3 Å². The van der Waals surface area contributed by atoms with Crippen LogP contribution >= 0.6 is 0 Å². The zero-order valence-electron chi connectivity index (χ0n) is 13.6. The minimum absolute atomic E-state index is 0.0297. The van der Waals surface area contributed by atoms with Crippen LogP contribution in [-0.4, -0.2) is 26.9 Å². The van der Waals surface area contributed by atoms with Gasteiger partial charge >= 0.3 is 0 Å². The Morgan fingerprint density at radius 2 is 2.08 bits per heavy atom. The van der Waals surface area contributed by atoms with Gasteiger partial charge in [0.05, 0.1) is 16.0 Å². The van der Waals surface area contributed by atoms with E-state index in [1.165, 1.54) is 18.2 Å². The number of fused-ring (bicyclic) bond motifs is 1. The highest BCUT2D eigenvalue weighted by Gasteiger charge is 2.15. The van der Waals surface area contributed by atoms with E-state index in [-0.39, 0.29) is 22.8 Å². The molecular formula is C17H17N5O3. The Hall–Kier alpha value is -3.42. The summed E-state index contributed by atoms with van der Waals surface area (Å²) in [6, 6.07) is 11.8. The zero-order chi connectivity index (χ0) is 18.0. The smallest absolute Gasteiger partial charge is 0.292 e. The van der Waals surface area contributed by atoms with Crippen LogP contribution in [0.2, 0.25) is 0 Å². The Morgan fingerprint density at radius 3 is 2.84 bits per heavy atom. The quantitative estimate of drug-likeness (QED) is 0.420. The van der Waals surface area contributed by atoms with Gasteiger partial charge in [-0.25, -0.2) is 4.98 Å². The highest BCUT2D eigenvalue weighted by atomic mass is 16.6. The lowest BCUT2D eigenvalue weighted by molar-refractivity contribution is -0.383. The Bertz CT molecular complexity index is 964. The number of rotatable bonds is 5.